The van der Waals surface area contributed by atoms with Crippen LogP contribution in [0.25, 0.3) is 10.9 Å². The zero-order valence-corrected chi connectivity index (χ0v) is 42.1. The Hall–Kier alpha value is -5.77. The molecule has 1 aromatic heterocycles. The van der Waals surface area contributed by atoms with Gasteiger partial charge in [0.1, 0.15) is 24.2 Å². The highest BCUT2D eigenvalue weighted by molar-refractivity contribution is 8.76. The summed E-state index contributed by atoms with van der Waals surface area (Å²) in [4.78, 5) is 103. The third-order valence-electron chi connectivity index (χ3n) is 12.4. The first-order valence-electron chi connectivity index (χ1n) is 24.0. The third-order valence-corrected chi connectivity index (χ3v) is 14.8. The molecule has 71 heavy (non-hydrogen) atoms. The highest BCUT2D eigenvalue weighted by Gasteiger charge is 2.36. The second-order valence-electron chi connectivity index (χ2n) is 18.3. The Morgan fingerprint density at radius 1 is 0.761 bits per heavy atom. The molecule has 20 heteroatoms. The fourth-order valence-electron chi connectivity index (χ4n) is 8.10. The number of ketones is 1. The first-order valence-corrected chi connectivity index (χ1v) is 26.5. The number of aromatic nitrogens is 1. The summed E-state index contributed by atoms with van der Waals surface area (Å²) in [6, 6.07) is 17.1. The van der Waals surface area contributed by atoms with Gasteiger partial charge in [0, 0.05) is 53.8 Å². The minimum absolute atomic E-state index is 0.000315. The molecular weight excluding hydrogens is 947 g/mol. The van der Waals surface area contributed by atoms with Gasteiger partial charge < -0.3 is 58.6 Å². The van der Waals surface area contributed by atoms with E-state index in [1.165, 1.54) is 6.92 Å². The Morgan fingerprint density at radius 2 is 1.41 bits per heavy atom. The number of rotatable bonds is 17. The average Bonchev–Trinajstić information content (AvgIpc) is 3.76. The van der Waals surface area contributed by atoms with Crippen LogP contribution in [0.4, 0.5) is 0 Å². The van der Waals surface area contributed by atoms with E-state index in [1.807, 2.05) is 60.7 Å². The molecule has 1 saturated heterocycles. The minimum atomic E-state index is -1.57. The Bertz CT molecular complexity index is 2390. The number of aromatic amines is 1. The van der Waals surface area contributed by atoms with E-state index in [-0.39, 0.29) is 49.5 Å². The highest BCUT2D eigenvalue weighted by Crippen LogP contribution is 2.25. The number of H-pyrrole nitrogens is 1. The standard InChI is InChI=1S/C51H69N9O9S2/c1-30(2)41(27-61)57-50(68)43-29-71-70-28-42(58-47(65)37(53)22-32-14-6-4-7-15-32)49(67)56-40(23-33-16-8-5-9-17-33)48(66)55-39(24-35-26-54-38-20-11-10-19-36(35)38)44(63)25-34(18-12-13-21-52)46(64)60-45(31(3)62)51(69)59-43/h4-11,14-17,19-20,26,30-31,34,37,39-43,45,54,61-62H,12-13,18,21-25,27-29,52-53H2,1-3H3,(H,55,66)(H,56,67)(H,57,68)(H,58,65)(H,59,69)(H,60,64)/t31-,34-,37-,39-,40+,41-,42+,43+,45+/m1/s1. The maximum Gasteiger partial charge on any atom is 0.245 e. The van der Waals surface area contributed by atoms with E-state index < -0.39 is 102 Å². The number of carbonyl (C=O) groups is 7. The summed E-state index contributed by atoms with van der Waals surface area (Å²) < 4.78 is 0. The van der Waals surface area contributed by atoms with Crippen LogP contribution in [-0.2, 0) is 52.8 Å². The molecule has 5 rings (SSSR count). The Kier molecular flexibility index (Phi) is 22.4. The predicted molar refractivity (Wildman–Crippen MR) is 276 cm³/mol. The molecule has 3 aromatic carbocycles. The summed E-state index contributed by atoms with van der Waals surface area (Å²) in [6.45, 7) is 4.83. The smallest absolute Gasteiger partial charge is 0.245 e. The van der Waals surface area contributed by atoms with Gasteiger partial charge in [-0.1, -0.05) is 121 Å². The van der Waals surface area contributed by atoms with Gasteiger partial charge in [0.05, 0.1) is 30.8 Å². The van der Waals surface area contributed by atoms with Gasteiger partial charge >= 0.3 is 0 Å². The molecule has 1 aliphatic heterocycles. The molecule has 13 N–H and O–H groups in total. The van der Waals surface area contributed by atoms with Crippen LogP contribution in [0.1, 0.15) is 63.1 Å². The third kappa shape index (κ3) is 17.2. The summed E-state index contributed by atoms with van der Waals surface area (Å²) in [5.41, 5.74) is 15.2. The van der Waals surface area contributed by atoms with Gasteiger partial charge in [-0.2, -0.15) is 0 Å². The minimum Gasteiger partial charge on any atom is -0.394 e. The molecule has 0 unspecified atom stereocenters. The van der Waals surface area contributed by atoms with Crippen molar-refractivity contribution in [1.82, 2.24) is 36.9 Å². The molecule has 1 fully saturated rings. The molecule has 0 radical (unpaired) electrons. The predicted octanol–water partition coefficient (Wildman–Crippen LogP) is 1.56. The van der Waals surface area contributed by atoms with Crippen LogP contribution in [0.3, 0.4) is 0 Å². The number of Topliss-reactive ketones (excluding diaryl/α,β-unsaturated/α-hetero) is 1. The maximum absolute atomic E-state index is 14.8. The van der Waals surface area contributed by atoms with Crippen molar-refractivity contribution < 1.29 is 43.8 Å². The number of aliphatic hydroxyl groups excluding tert-OH is 2. The zero-order chi connectivity index (χ0) is 51.5. The Balaban J connectivity index is 1.56. The van der Waals surface area contributed by atoms with Gasteiger partial charge in [0.15, 0.2) is 5.78 Å². The molecule has 0 saturated carbocycles. The number of nitrogens with two attached hydrogens (primary N) is 2. The van der Waals surface area contributed by atoms with Gasteiger partial charge in [-0.25, -0.2) is 0 Å². The van der Waals surface area contributed by atoms with Crippen LogP contribution in [0, 0.1) is 11.8 Å². The number of unbranched alkanes of at least 4 members (excludes halogenated alkanes) is 1. The number of carbonyl (C=O) groups excluding carboxylic acids is 7. The molecule has 2 heterocycles. The molecule has 0 bridgehead atoms. The van der Waals surface area contributed by atoms with Crippen LogP contribution < -0.4 is 43.4 Å². The number of fused-ring (bicyclic) bond motifs is 1. The van der Waals surface area contributed by atoms with E-state index in [9.17, 15) is 43.8 Å². The average molecular weight is 1020 g/mol. The van der Waals surface area contributed by atoms with Crippen LogP contribution in [0.2, 0.25) is 0 Å². The van der Waals surface area contributed by atoms with Gasteiger partial charge in [0.25, 0.3) is 0 Å². The number of nitrogens with one attached hydrogen (secondary N) is 7. The van der Waals surface area contributed by atoms with Gasteiger partial charge in [-0.3, -0.25) is 33.6 Å². The normalized spacial score (nSPS) is 22.6. The number of para-hydroxylation sites is 1. The number of hydrogen-bond donors (Lipinski definition) is 11. The van der Waals surface area contributed by atoms with E-state index >= 15 is 0 Å². The van der Waals surface area contributed by atoms with E-state index in [0.717, 1.165) is 38.1 Å². The van der Waals surface area contributed by atoms with Crippen LogP contribution in [0.15, 0.2) is 91.1 Å². The maximum atomic E-state index is 14.8. The zero-order valence-electron chi connectivity index (χ0n) is 40.4. The van der Waals surface area contributed by atoms with Crippen molar-refractivity contribution in [1.29, 1.82) is 0 Å². The van der Waals surface area contributed by atoms with E-state index in [0.29, 0.717) is 30.5 Å². The molecule has 0 spiro atoms. The molecule has 18 nitrogen and oxygen atoms in total. The number of aliphatic hydroxyl groups is 2. The van der Waals surface area contributed by atoms with E-state index in [2.05, 4.69) is 36.9 Å². The van der Waals surface area contributed by atoms with E-state index in [4.69, 9.17) is 11.5 Å². The summed E-state index contributed by atoms with van der Waals surface area (Å²) in [6.07, 6.45) is 1.18. The molecular formula is C51H69N9O9S2. The lowest BCUT2D eigenvalue weighted by atomic mass is 9.90. The van der Waals surface area contributed by atoms with E-state index in [1.54, 1.807) is 44.3 Å². The Labute approximate surface area is 422 Å². The lowest BCUT2D eigenvalue weighted by Crippen LogP contribution is -2.60. The fourth-order valence-corrected chi connectivity index (χ4v) is 10.4. The topological polar surface area (TPSA) is 300 Å². The van der Waals surface area contributed by atoms with Crippen molar-refractivity contribution in [2.24, 2.45) is 23.3 Å². The molecule has 0 aliphatic carbocycles. The summed E-state index contributed by atoms with van der Waals surface area (Å²) in [5, 5.41) is 38.4. The van der Waals surface area contributed by atoms with Crippen molar-refractivity contribution in [3.05, 3.63) is 108 Å². The number of benzene rings is 3. The first-order chi connectivity index (χ1) is 34.1. The van der Waals surface area contributed by atoms with Crippen molar-refractivity contribution >= 4 is 73.7 Å². The molecule has 4 aromatic rings. The molecule has 9 atom stereocenters. The largest absolute Gasteiger partial charge is 0.394 e. The quantitative estimate of drug-likeness (QED) is 0.0530. The molecule has 6 amide bonds. The monoisotopic (exact) mass is 1020 g/mol. The van der Waals surface area contributed by atoms with Crippen LogP contribution >= 0.6 is 21.6 Å². The number of hydrogen-bond acceptors (Lipinski definition) is 13. The Morgan fingerprint density at radius 3 is 2.07 bits per heavy atom. The number of amides is 6. The summed E-state index contributed by atoms with van der Waals surface area (Å²) in [7, 11) is 2.19. The van der Waals surface area contributed by atoms with Crippen molar-refractivity contribution in [3.8, 4) is 0 Å². The lowest BCUT2D eigenvalue weighted by Gasteiger charge is -2.29. The van der Waals surface area contributed by atoms with Crippen LogP contribution in [0.5, 0.6) is 0 Å². The van der Waals surface area contributed by atoms with Crippen molar-refractivity contribution in [2.75, 3.05) is 24.7 Å². The fraction of sp³-hybridized carbons (Fsp3) is 0.471. The second kappa shape index (κ2) is 28.3. The SMILES string of the molecule is CC(C)[C@@H](CO)NC(=O)[C@@H]1CSSC[C@H](NC(=O)[C@H](N)Cc2ccccc2)C(=O)N[C@@H](Cc2ccccc2)C(=O)N[C@H](Cc2c[nH]c3ccccc23)C(=O)C[C@@H](CCCCN)C(=O)N[C@@H]([C@@H](C)O)C(=O)N1. The lowest BCUT2D eigenvalue weighted by molar-refractivity contribution is -0.137. The second-order valence-corrected chi connectivity index (χ2v) is 20.8. The highest BCUT2D eigenvalue weighted by atomic mass is 33.1. The van der Waals surface area contributed by atoms with Crippen molar-refractivity contribution in [2.45, 2.75) is 114 Å². The molecule has 1 aliphatic rings. The van der Waals surface area contributed by atoms with Gasteiger partial charge in [-0.05, 0) is 61.4 Å². The van der Waals surface area contributed by atoms with Crippen molar-refractivity contribution in [3.63, 3.8) is 0 Å². The van der Waals surface area contributed by atoms with Gasteiger partial charge in [0.2, 0.25) is 35.4 Å². The van der Waals surface area contributed by atoms with Crippen LogP contribution in [-0.4, -0.2) is 129 Å². The summed E-state index contributed by atoms with van der Waals surface area (Å²) in [5.74, 6) is -6.29. The molecule has 384 valence electrons. The van der Waals surface area contributed by atoms with Gasteiger partial charge in [-0.15, -0.1) is 0 Å². The summed E-state index contributed by atoms with van der Waals surface area (Å²) >= 11 is 0. The first kappa shape index (κ1) is 56.1.